The Morgan fingerprint density at radius 1 is 0.339 bits per heavy atom. The second-order valence-electron chi connectivity index (χ2n) is 14.5. The van der Waals surface area contributed by atoms with Gasteiger partial charge in [0.2, 0.25) is 0 Å². The Kier molecular flexibility index (Phi) is 8.37. The van der Waals surface area contributed by atoms with Crippen LogP contribution in [0.4, 0.5) is 0 Å². The van der Waals surface area contributed by atoms with Crippen LogP contribution in [0.1, 0.15) is 0 Å². The summed E-state index contributed by atoms with van der Waals surface area (Å²) in [6.45, 7) is 0. The molecule has 0 aliphatic rings. The van der Waals surface area contributed by atoms with Gasteiger partial charge in [0.25, 0.3) is 0 Å². The molecule has 6 nitrogen and oxygen atoms in total. The van der Waals surface area contributed by atoms with E-state index in [0.29, 0.717) is 23.1 Å². The van der Waals surface area contributed by atoms with E-state index in [9.17, 15) is 0 Å². The smallest absolute Gasteiger partial charge is 0.180 e. The van der Waals surface area contributed by atoms with Crippen LogP contribution in [-0.4, -0.2) is 24.9 Å². The molecule has 3 aromatic heterocycles. The summed E-state index contributed by atoms with van der Waals surface area (Å²) in [4.78, 5) is 24.4. The minimum absolute atomic E-state index is 0.617. The van der Waals surface area contributed by atoms with Gasteiger partial charge in [0.1, 0.15) is 23.1 Å². The van der Waals surface area contributed by atoms with E-state index in [2.05, 4.69) is 149 Å². The van der Waals surface area contributed by atoms with Crippen LogP contribution in [0.5, 0.6) is 0 Å². The molecule has 0 N–H and O–H groups in total. The molecule has 59 heavy (non-hydrogen) atoms. The van der Waals surface area contributed by atoms with E-state index in [1.807, 2.05) is 54.6 Å². The molecule has 0 saturated carbocycles. The van der Waals surface area contributed by atoms with Crippen molar-refractivity contribution >= 4 is 32.8 Å². The van der Waals surface area contributed by atoms with E-state index < -0.39 is 0 Å². The number of furan rings is 1. The molecule has 0 atom stereocenters. The van der Waals surface area contributed by atoms with Gasteiger partial charge in [0.05, 0.1) is 5.39 Å². The van der Waals surface area contributed by atoms with E-state index in [1.54, 1.807) is 6.33 Å². The lowest BCUT2D eigenvalue weighted by atomic mass is 9.97. The molecule has 276 valence electrons. The van der Waals surface area contributed by atoms with E-state index in [1.165, 1.54) is 5.56 Å². The van der Waals surface area contributed by atoms with Gasteiger partial charge in [-0.1, -0.05) is 176 Å². The van der Waals surface area contributed by atoms with Crippen LogP contribution in [0.25, 0.3) is 112 Å². The highest BCUT2D eigenvalue weighted by molar-refractivity contribution is 6.18. The first-order chi connectivity index (χ1) is 29.2. The summed E-state index contributed by atoms with van der Waals surface area (Å²) in [5, 5.41) is 3.29. The SMILES string of the molecule is c1ccc(-c2ccc(-c3nc(-c4ccccc4)nc(-c4cccc(-c5cccc(-c6ccc(-c7ncnc8c7oc7ccc9ccccc9c78)cc6)c5)c4)n3)cc2)cc1. The number of hydrogen-bond acceptors (Lipinski definition) is 6. The fraction of sp³-hybridized carbons (Fsp3) is 0. The quantitative estimate of drug-likeness (QED) is 0.161. The summed E-state index contributed by atoms with van der Waals surface area (Å²) in [6, 6.07) is 66.8. The van der Waals surface area contributed by atoms with Crippen molar-refractivity contribution in [2.75, 3.05) is 0 Å². The number of hydrogen-bond donors (Lipinski definition) is 0. The Morgan fingerprint density at radius 2 is 0.814 bits per heavy atom. The topological polar surface area (TPSA) is 77.6 Å². The van der Waals surface area contributed by atoms with Gasteiger partial charge in [-0.05, 0) is 62.4 Å². The molecule has 3 heterocycles. The fourth-order valence-electron chi connectivity index (χ4n) is 7.87. The van der Waals surface area contributed by atoms with Gasteiger partial charge in [-0.25, -0.2) is 24.9 Å². The monoisotopic (exact) mass is 755 g/mol. The summed E-state index contributed by atoms with van der Waals surface area (Å²) in [6.07, 6.45) is 1.63. The van der Waals surface area contributed by atoms with Crippen LogP contribution in [0.15, 0.2) is 205 Å². The van der Waals surface area contributed by atoms with Gasteiger partial charge in [-0.2, -0.15) is 0 Å². The van der Waals surface area contributed by atoms with Crippen molar-refractivity contribution in [3.63, 3.8) is 0 Å². The van der Waals surface area contributed by atoms with Crippen LogP contribution in [0, 0.1) is 0 Å². The Bertz CT molecular complexity index is 3310. The number of aromatic nitrogens is 5. The highest BCUT2D eigenvalue weighted by Crippen LogP contribution is 2.38. The maximum absolute atomic E-state index is 6.41. The summed E-state index contributed by atoms with van der Waals surface area (Å²) >= 11 is 0. The molecular weight excluding hydrogens is 723 g/mol. The van der Waals surface area contributed by atoms with E-state index in [4.69, 9.17) is 19.4 Å². The molecule has 6 heteroatoms. The van der Waals surface area contributed by atoms with Crippen LogP contribution >= 0.6 is 0 Å². The van der Waals surface area contributed by atoms with Crippen molar-refractivity contribution in [1.29, 1.82) is 0 Å². The van der Waals surface area contributed by atoms with E-state index >= 15 is 0 Å². The summed E-state index contributed by atoms with van der Waals surface area (Å²) in [5.41, 5.74) is 13.5. The second-order valence-corrected chi connectivity index (χ2v) is 14.5. The summed E-state index contributed by atoms with van der Waals surface area (Å²) in [7, 11) is 0. The lowest BCUT2D eigenvalue weighted by Crippen LogP contribution is -2.00. The Hall–Kier alpha value is -8.09. The zero-order valence-corrected chi connectivity index (χ0v) is 31.7. The first kappa shape index (κ1) is 34.2. The minimum Gasteiger partial charge on any atom is -0.452 e. The van der Waals surface area contributed by atoms with Crippen molar-refractivity contribution in [3.05, 3.63) is 200 Å². The van der Waals surface area contributed by atoms with Gasteiger partial charge in [0, 0.05) is 22.3 Å². The highest BCUT2D eigenvalue weighted by atomic mass is 16.3. The Morgan fingerprint density at radius 3 is 1.51 bits per heavy atom. The van der Waals surface area contributed by atoms with Gasteiger partial charge < -0.3 is 4.42 Å². The van der Waals surface area contributed by atoms with Crippen molar-refractivity contribution < 1.29 is 4.42 Å². The van der Waals surface area contributed by atoms with Crippen LogP contribution in [0.3, 0.4) is 0 Å². The molecule has 11 aromatic rings. The second kappa shape index (κ2) is 14.4. The zero-order valence-electron chi connectivity index (χ0n) is 31.7. The average molecular weight is 756 g/mol. The first-order valence-corrected chi connectivity index (χ1v) is 19.6. The van der Waals surface area contributed by atoms with Crippen LogP contribution in [0.2, 0.25) is 0 Å². The molecule has 0 saturated heterocycles. The largest absolute Gasteiger partial charge is 0.452 e. The first-order valence-electron chi connectivity index (χ1n) is 19.6. The maximum atomic E-state index is 6.41. The predicted molar refractivity (Wildman–Crippen MR) is 238 cm³/mol. The highest BCUT2D eigenvalue weighted by Gasteiger charge is 2.18. The molecule has 8 aromatic carbocycles. The summed E-state index contributed by atoms with van der Waals surface area (Å²) < 4.78 is 6.41. The van der Waals surface area contributed by atoms with Crippen molar-refractivity contribution in [3.8, 4) is 78.8 Å². The van der Waals surface area contributed by atoms with Crippen LogP contribution < -0.4 is 0 Å². The third-order valence-electron chi connectivity index (χ3n) is 10.9. The molecule has 0 amide bonds. The molecule has 0 bridgehead atoms. The molecule has 0 aliphatic heterocycles. The number of rotatable bonds is 7. The normalized spacial score (nSPS) is 11.4. The Labute approximate surface area is 340 Å². The van der Waals surface area contributed by atoms with E-state index in [0.717, 1.165) is 83.0 Å². The lowest BCUT2D eigenvalue weighted by molar-refractivity contribution is 0.667. The Balaban J connectivity index is 0.918. The lowest BCUT2D eigenvalue weighted by Gasteiger charge is -2.11. The number of fused-ring (bicyclic) bond motifs is 5. The summed E-state index contributed by atoms with van der Waals surface area (Å²) in [5.74, 6) is 1.87. The minimum atomic E-state index is 0.617. The van der Waals surface area contributed by atoms with Gasteiger partial charge in [-0.3, -0.25) is 0 Å². The molecule has 0 fully saturated rings. The van der Waals surface area contributed by atoms with Crippen molar-refractivity contribution in [2.24, 2.45) is 0 Å². The predicted octanol–water partition coefficient (Wildman–Crippen LogP) is 13.4. The fourth-order valence-corrected chi connectivity index (χ4v) is 7.87. The number of nitrogens with zero attached hydrogens (tertiary/aromatic N) is 5. The van der Waals surface area contributed by atoms with Gasteiger partial charge >= 0.3 is 0 Å². The standard InChI is InChI=1S/C53H33N5O/c1-3-11-34(12-4-1)35-23-27-40(28-24-35)52-56-51(39-14-5-2-6-15-39)57-53(58-52)44-19-10-18-43(32-44)42-17-9-16-41(31-42)36-21-25-38(26-22-36)48-50-49(55-33-54-48)47-45-20-8-7-13-37(45)29-30-46(47)59-50/h1-33H. The number of benzene rings is 8. The van der Waals surface area contributed by atoms with Gasteiger partial charge in [0.15, 0.2) is 23.1 Å². The molecular formula is C53H33N5O. The third-order valence-corrected chi connectivity index (χ3v) is 10.9. The zero-order chi connectivity index (χ0) is 39.1. The van der Waals surface area contributed by atoms with Crippen LogP contribution in [-0.2, 0) is 0 Å². The third kappa shape index (κ3) is 6.39. The molecule has 11 rings (SSSR count). The molecule has 0 radical (unpaired) electrons. The van der Waals surface area contributed by atoms with E-state index in [-0.39, 0.29) is 0 Å². The van der Waals surface area contributed by atoms with Crippen molar-refractivity contribution in [2.45, 2.75) is 0 Å². The molecule has 0 unspecified atom stereocenters. The van der Waals surface area contributed by atoms with Gasteiger partial charge in [-0.15, -0.1) is 0 Å². The molecule has 0 aliphatic carbocycles. The average Bonchev–Trinajstić information content (AvgIpc) is 3.72. The molecule has 0 spiro atoms. The van der Waals surface area contributed by atoms with Crippen molar-refractivity contribution in [1.82, 2.24) is 24.9 Å². The maximum Gasteiger partial charge on any atom is 0.180 e.